The van der Waals surface area contributed by atoms with E-state index in [0.29, 0.717) is 0 Å². The van der Waals surface area contributed by atoms with Gasteiger partial charge in [0, 0.05) is 13.1 Å². The number of phosphoric ester groups is 1. The Hall–Kier alpha value is -2.28. The number of phosphoric acid groups is 3. The first-order valence-electron chi connectivity index (χ1n) is 12.6. The number of H-pyrrole nitrogens is 1. The van der Waals surface area contributed by atoms with Gasteiger partial charge in [0.25, 0.3) is 0 Å². The van der Waals surface area contributed by atoms with Crippen molar-refractivity contribution < 1.29 is 75.7 Å². The lowest BCUT2D eigenvalue weighted by Crippen LogP contribution is -2.49. The van der Waals surface area contributed by atoms with E-state index in [1.165, 1.54) is 17.8 Å². The lowest BCUT2D eigenvalue weighted by atomic mass is 10.1. The summed E-state index contributed by atoms with van der Waals surface area (Å²) in [5.74, 6) is -1.50. The molecule has 28 heteroatoms. The van der Waals surface area contributed by atoms with Crippen molar-refractivity contribution in [1.82, 2.24) is 30.2 Å². The van der Waals surface area contributed by atoms with Crippen molar-refractivity contribution in [3.8, 4) is 0 Å². The van der Waals surface area contributed by atoms with Crippen molar-refractivity contribution in [3.63, 3.8) is 0 Å². The quantitative estimate of drug-likeness (QED) is 0.0464. The summed E-state index contributed by atoms with van der Waals surface area (Å²) in [4.78, 5) is 71.4. The van der Waals surface area contributed by atoms with E-state index in [1.807, 2.05) is 0 Å². The molecule has 0 saturated carbocycles. The van der Waals surface area contributed by atoms with E-state index in [2.05, 4.69) is 38.7 Å². The van der Waals surface area contributed by atoms with Crippen molar-refractivity contribution in [1.29, 1.82) is 0 Å². The number of carbonyl (C=O) groups excluding carboxylic acids is 2. The fourth-order valence-electron chi connectivity index (χ4n) is 3.82. The molecule has 13 N–H and O–H groups in total. The van der Waals surface area contributed by atoms with E-state index in [1.54, 1.807) is 0 Å². The van der Waals surface area contributed by atoms with Crippen LogP contribution in [0.25, 0.3) is 11.2 Å². The fraction of sp³-hybridized carbons (Fsp3) is 0.611. The number of ether oxygens (including phenoxy) is 2. The maximum Gasteiger partial charge on any atom is 0.490 e. The SMILES string of the molecule is CC(O)C(N)C(=O)NCCNC(=O)COC1[C@@H](O)[C@@H](COP(=O)(O)OP(=O)(O)OP(=O)(O)O)O[C@H]1n1cnc2c(=S)nc(N)[nH]c21. The highest BCUT2D eigenvalue weighted by molar-refractivity contribution is 7.71. The van der Waals surface area contributed by atoms with Gasteiger partial charge >= 0.3 is 23.5 Å². The number of aromatic nitrogens is 4. The number of rotatable bonds is 16. The van der Waals surface area contributed by atoms with Gasteiger partial charge in [-0.3, -0.25) is 18.7 Å². The number of aliphatic hydroxyl groups excluding tert-OH is 2. The van der Waals surface area contributed by atoms with Gasteiger partial charge in [0.15, 0.2) is 16.8 Å². The van der Waals surface area contributed by atoms with Gasteiger partial charge in [0.05, 0.1) is 19.0 Å². The zero-order valence-corrected chi connectivity index (χ0v) is 26.9. The molecule has 1 saturated heterocycles. The Morgan fingerprint density at radius 2 is 1.83 bits per heavy atom. The van der Waals surface area contributed by atoms with E-state index < -0.39 is 85.2 Å². The van der Waals surface area contributed by atoms with Crippen LogP contribution in [0.5, 0.6) is 0 Å². The number of hydrogen-bond acceptors (Lipinski definition) is 17. The standard InChI is InChI=1S/C18H31N8O16P3S/c1-7(27)10(19)15(30)22-3-2-21-9(28)5-38-13-12(29)8(4-39-44(34,35)42-45(36,37)41-43(31,32)33)40-17(13)26-6-23-11-14(26)24-18(20)25-16(11)46/h6-8,10,12-13,17,27,29H,2-5,19H2,1H3,(H,21,28)(H,22,30)(H,34,35)(H,36,37)(H2,31,32,33)(H3,20,24,25,46)/t7?,8-,10?,12+,13?,17-/m1/s1. The normalized spacial score (nSPS) is 24.2. The lowest BCUT2D eigenvalue weighted by molar-refractivity contribution is -0.133. The van der Waals surface area contributed by atoms with Crippen LogP contribution < -0.4 is 22.1 Å². The van der Waals surface area contributed by atoms with Crippen molar-refractivity contribution in [2.45, 2.75) is 43.6 Å². The highest BCUT2D eigenvalue weighted by Gasteiger charge is 2.48. The summed E-state index contributed by atoms with van der Waals surface area (Å²) in [5, 5.41) is 25.2. The number of fused-ring (bicyclic) bond motifs is 1. The number of nitrogens with one attached hydrogen (secondary N) is 3. The minimum Gasteiger partial charge on any atom is -0.391 e. The summed E-state index contributed by atoms with van der Waals surface area (Å²) in [6, 6.07) is -1.18. The molecular formula is C18H31N8O16P3S. The number of nitrogens with two attached hydrogens (primary N) is 2. The molecule has 0 aliphatic carbocycles. The Morgan fingerprint density at radius 3 is 2.46 bits per heavy atom. The van der Waals surface area contributed by atoms with Gasteiger partial charge in [-0.2, -0.15) is 8.62 Å². The molecule has 24 nitrogen and oxygen atoms in total. The van der Waals surface area contributed by atoms with Crippen LogP contribution in [0.2, 0.25) is 0 Å². The minimum absolute atomic E-state index is 0.00825. The van der Waals surface area contributed by atoms with Gasteiger partial charge in [-0.25, -0.2) is 23.7 Å². The second kappa shape index (κ2) is 15.3. The number of hydrogen-bond donors (Lipinski definition) is 11. The topological polar surface area (TPSA) is 375 Å². The van der Waals surface area contributed by atoms with Crippen molar-refractivity contribution in [3.05, 3.63) is 11.0 Å². The van der Waals surface area contributed by atoms with E-state index in [-0.39, 0.29) is 34.8 Å². The number of amides is 2. The van der Waals surface area contributed by atoms with Gasteiger partial charge in [-0.05, 0) is 6.92 Å². The molecule has 0 bridgehead atoms. The molecule has 1 aliphatic rings. The van der Waals surface area contributed by atoms with Crippen LogP contribution in [0.15, 0.2) is 6.33 Å². The maximum atomic E-state index is 12.4. The Kier molecular flexibility index (Phi) is 12.7. The van der Waals surface area contributed by atoms with Crippen LogP contribution in [0, 0.1) is 4.64 Å². The third-order valence-corrected chi connectivity index (χ3v) is 9.93. The summed E-state index contributed by atoms with van der Waals surface area (Å²) >= 11 is 5.14. The number of nitrogens with zero attached hydrogens (tertiary/aromatic N) is 3. The first-order chi connectivity index (χ1) is 21.2. The summed E-state index contributed by atoms with van der Waals surface area (Å²) in [5.41, 5.74) is 11.5. The molecule has 260 valence electrons. The Labute approximate surface area is 262 Å². The maximum absolute atomic E-state index is 12.4. The van der Waals surface area contributed by atoms with Crippen molar-refractivity contribution in [2.24, 2.45) is 5.73 Å². The van der Waals surface area contributed by atoms with Crippen LogP contribution in [0.4, 0.5) is 5.95 Å². The summed E-state index contributed by atoms with van der Waals surface area (Å²) in [6.07, 6.45) is -6.04. The fourth-order valence-corrected chi connectivity index (χ4v) is 7.10. The molecule has 5 unspecified atom stereocenters. The number of imidazole rings is 1. The Bertz CT molecular complexity index is 1620. The molecule has 8 atom stereocenters. The molecular weight excluding hydrogens is 709 g/mol. The molecule has 0 aromatic carbocycles. The first-order valence-corrected chi connectivity index (χ1v) is 17.6. The van der Waals surface area contributed by atoms with Crippen LogP contribution in [-0.2, 0) is 45.9 Å². The van der Waals surface area contributed by atoms with Gasteiger partial charge in [-0.1, -0.05) is 12.2 Å². The monoisotopic (exact) mass is 740 g/mol. The zero-order chi connectivity index (χ0) is 34.6. The Morgan fingerprint density at radius 1 is 1.17 bits per heavy atom. The molecule has 3 rings (SSSR count). The molecule has 2 aromatic rings. The van der Waals surface area contributed by atoms with E-state index in [9.17, 15) is 43.3 Å². The van der Waals surface area contributed by atoms with Crippen molar-refractivity contribution >= 4 is 64.6 Å². The smallest absolute Gasteiger partial charge is 0.391 e. The average Bonchev–Trinajstić information content (AvgIpc) is 3.46. The number of nitrogen functional groups attached to an aromatic ring is 1. The molecule has 2 amide bonds. The second-order valence-corrected chi connectivity index (χ2v) is 14.2. The molecule has 3 heterocycles. The van der Waals surface area contributed by atoms with Crippen LogP contribution in [-0.4, -0.2) is 118 Å². The highest BCUT2D eigenvalue weighted by Crippen LogP contribution is 2.66. The number of carbonyl (C=O) groups is 2. The molecule has 2 aromatic heterocycles. The van der Waals surface area contributed by atoms with Crippen LogP contribution in [0.3, 0.4) is 0 Å². The van der Waals surface area contributed by atoms with E-state index >= 15 is 0 Å². The number of aromatic amines is 1. The third-order valence-electron chi connectivity index (χ3n) is 5.85. The lowest BCUT2D eigenvalue weighted by Gasteiger charge is -2.22. The number of aliphatic hydroxyl groups is 2. The molecule has 0 radical (unpaired) electrons. The summed E-state index contributed by atoms with van der Waals surface area (Å²) in [6.45, 7) is -0.548. The largest absolute Gasteiger partial charge is 0.490 e. The molecule has 0 spiro atoms. The van der Waals surface area contributed by atoms with Gasteiger partial charge in [0.1, 0.15) is 42.1 Å². The minimum atomic E-state index is -5.82. The third kappa shape index (κ3) is 10.6. The average molecular weight is 740 g/mol. The molecule has 1 aliphatic heterocycles. The van der Waals surface area contributed by atoms with Gasteiger partial charge in [-0.15, -0.1) is 0 Å². The Balaban J connectivity index is 1.72. The predicted molar refractivity (Wildman–Crippen MR) is 152 cm³/mol. The summed E-state index contributed by atoms with van der Waals surface area (Å²) in [7, 11) is -17.0. The highest BCUT2D eigenvalue weighted by atomic mass is 32.1. The van der Waals surface area contributed by atoms with Crippen molar-refractivity contribution in [2.75, 3.05) is 32.0 Å². The number of anilines is 1. The predicted octanol–water partition coefficient (Wildman–Crippen LogP) is -3.00. The van der Waals surface area contributed by atoms with Gasteiger partial charge in [0.2, 0.25) is 11.8 Å². The molecule has 46 heavy (non-hydrogen) atoms. The summed E-state index contributed by atoms with van der Waals surface area (Å²) < 4.78 is 59.1. The van der Waals surface area contributed by atoms with Gasteiger partial charge < -0.3 is 66.3 Å². The first kappa shape index (κ1) is 38.2. The second-order valence-electron chi connectivity index (χ2n) is 9.40. The molecule has 1 fully saturated rings. The van der Waals surface area contributed by atoms with Crippen LogP contribution in [0.1, 0.15) is 13.2 Å². The van der Waals surface area contributed by atoms with Crippen LogP contribution >= 0.6 is 35.7 Å². The van der Waals surface area contributed by atoms with E-state index in [0.717, 1.165) is 0 Å². The van der Waals surface area contributed by atoms with E-state index in [4.69, 9.17) is 42.9 Å². The zero-order valence-electron chi connectivity index (χ0n) is 23.4.